The maximum atomic E-state index is 5.18. The molecule has 0 saturated heterocycles. The van der Waals surface area contributed by atoms with Crippen molar-refractivity contribution in [2.24, 2.45) is 11.8 Å². The van der Waals surface area contributed by atoms with Crippen LogP contribution in [0.2, 0.25) is 0 Å². The van der Waals surface area contributed by atoms with Gasteiger partial charge in [0.2, 0.25) is 0 Å². The number of aryl methyl sites for hydroxylation is 1. The van der Waals surface area contributed by atoms with Gasteiger partial charge in [-0.3, -0.25) is 0 Å². The molecule has 0 heterocycles. The van der Waals surface area contributed by atoms with E-state index in [0.29, 0.717) is 11.8 Å². The number of methoxy groups -OCH3 is 1. The summed E-state index contributed by atoms with van der Waals surface area (Å²) in [4.78, 5) is 0. The van der Waals surface area contributed by atoms with Gasteiger partial charge in [0, 0.05) is 13.7 Å². The zero-order chi connectivity index (χ0) is 14.8. The number of hydrogen-bond acceptors (Lipinski definition) is 2. The lowest BCUT2D eigenvalue weighted by molar-refractivity contribution is 0.186. The molecule has 0 fully saturated rings. The van der Waals surface area contributed by atoms with Crippen LogP contribution in [0, 0.1) is 18.8 Å². The van der Waals surface area contributed by atoms with Gasteiger partial charge in [-0.25, -0.2) is 0 Å². The second kappa shape index (κ2) is 9.95. The minimum absolute atomic E-state index is 0.701. The number of hydrogen-bond donors (Lipinski definition) is 1. The number of benzene rings is 1. The Morgan fingerprint density at radius 3 is 2.40 bits per heavy atom. The van der Waals surface area contributed by atoms with Gasteiger partial charge in [0.15, 0.2) is 0 Å². The van der Waals surface area contributed by atoms with Gasteiger partial charge < -0.3 is 10.1 Å². The normalized spacial score (nSPS) is 12.8. The van der Waals surface area contributed by atoms with Crippen LogP contribution in [-0.4, -0.2) is 26.8 Å². The van der Waals surface area contributed by atoms with E-state index in [1.165, 1.54) is 17.5 Å². The summed E-state index contributed by atoms with van der Waals surface area (Å²) in [7, 11) is 1.78. The molecule has 1 unspecified atom stereocenters. The Hall–Kier alpha value is -0.860. The fourth-order valence-corrected chi connectivity index (χ4v) is 2.43. The quantitative estimate of drug-likeness (QED) is 0.656. The first-order chi connectivity index (χ1) is 9.61. The van der Waals surface area contributed by atoms with E-state index in [0.717, 1.165) is 32.5 Å². The van der Waals surface area contributed by atoms with Crippen molar-refractivity contribution in [3.05, 3.63) is 35.4 Å². The van der Waals surface area contributed by atoms with E-state index in [1.807, 2.05) is 0 Å². The Kier molecular flexibility index (Phi) is 8.56. The van der Waals surface area contributed by atoms with Crippen molar-refractivity contribution >= 4 is 0 Å². The Morgan fingerprint density at radius 2 is 1.80 bits per heavy atom. The molecule has 1 aromatic rings. The molecule has 0 aliphatic heterocycles. The van der Waals surface area contributed by atoms with Crippen molar-refractivity contribution < 1.29 is 4.74 Å². The lowest BCUT2D eigenvalue weighted by atomic mass is 9.94. The molecule has 0 spiro atoms. The van der Waals surface area contributed by atoms with Crippen LogP contribution in [0.3, 0.4) is 0 Å². The van der Waals surface area contributed by atoms with Gasteiger partial charge in [-0.2, -0.15) is 0 Å². The number of rotatable bonds is 10. The third-order valence-electron chi connectivity index (χ3n) is 3.59. The van der Waals surface area contributed by atoms with Crippen LogP contribution in [0.5, 0.6) is 0 Å². The van der Waals surface area contributed by atoms with Gasteiger partial charge >= 0.3 is 0 Å². The van der Waals surface area contributed by atoms with Crippen molar-refractivity contribution in [2.45, 2.75) is 40.0 Å². The topological polar surface area (TPSA) is 21.3 Å². The summed E-state index contributed by atoms with van der Waals surface area (Å²) in [6.45, 7) is 9.74. The average molecular weight is 277 g/mol. The molecule has 1 aromatic carbocycles. The fourth-order valence-electron chi connectivity index (χ4n) is 2.43. The summed E-state index contributed by atoms with van der Waals surface area (Å²) in [6, 6.07) is 8.95. The van der Waals surface area contributed by atoms with Crippen molar-refractivity contribution in [3.8, 4) is 0 Å². The van der Waals surface area contributed by atoms with Crippen LogP contribution in [0.1, 0.15) is 37.8 Å². The molecular weight excluding hydrogens is 246 g/mol. The molecule has 20 heavy (non-hydrogen) atoms. The zero-order valence-electron chi connectivity index (χ0n) is 13.6. The Labute approximate surface area is 124 Å². The van der Waals surface area contributed by atoms with Crippen LogP contribution >= 0.6 is 0 Å². The Bertz CT molecular complexity index is 345. The molecule has 1 rings (SSSR count). The van der Waals surface area contributed by atoms with Gasteiger partial charge in [0.1, 0.15) is 0 Å². The first-order valence-corrected chi connectivity index (χ1v) is 7.87. The first kappa shape index (κ1) is 17.2. The third-order valence-corrected chi connectivity index (χ3v) is 3.59. The number of ether oxygens (including phenoxy) is 1. The molecule has 2 heteroatoms. The molecule has 0 aromatic heterocycles. The molecule has 114 valence electrons. The highest BCUT2D eigenvalue weighted by atomic mass is 16.5. The van der Waals surface area contributed by atoms with Crippen LogP contribution in [0.15, 0.2) is 24.3 Å². The van der Waals surface area contributed by atoms with E-state index in [9.17, 15) is 0 Å². The molecule has 2 nitrogen and oxygen atoms in total. The van der Waals surface area contributed by atoms with Crippen molar-refractivity contribution in [1.29, 1.82) is 0 Å². The summed E-state index contributed by atoms with van der Waals surface area (Å²) < 4.78 is 5.18. The maximum Gasteiger partial charge on any atom is 0.0462 e. The number of nitrogens with one attached hydrogen (secondary N) is 1. The van der Waals surface area contributed by atoms with Crippen LogP contribution < -0.4 is 5.32 Å². The van der Waals surface area contributed by atoms with Gasteiger partial charge in [0.05, 0.1) is 0 Å². The molecule has 0 aliphatic rings. The van der Waals surface area contributed by atoms with Crippen molar-refractivity contribution in [2.75, 3.05) is 26.8 Å². The van der Waals surface area contributed by atoms with Crippen molar-refractivity contribution in [3.63, 3.8) is 0 Å². The minimum atomic E-state index is 0.701. The molecule has 0 aliphatic carbocycles. The fraction of sp³-hybridized carbons (Fsp3) is 0.667. The molecule has 0 saturated carbocycles. The predicted octanol–water partition coefficient (Wildman–Crippen LogP) is 3.83. The van der Waals surface area contributed by atoms with E-state index in [2.05, 4.69) is 50.4 Å². The molecule has 1 N–H and O–H groups in total. The van der Waals surface area contributed by atoms with E-state index in [4.69, 9.17) is 4.74 Å². The second-order valence-corrected chi connectivity index (χ2v) is 6.24. The van der Waals surface area contributed by atoms with Crippen LogP contribution in [0.4, 0.5) is 0 Å². The highest BCUT2D eigenvalue weighted by Gasteiger charge is 2.10. The first-order valence-electron chi connectivity index (χ1n) is 7.87. The monoisotopic (exact) mass is 277 g/mol. The van der Waals surface area contributed by atoms with E-state index >= 15 is 0 Å². The van der Waals surface area contributed by atoms with Gasteiger partial charge in [-0.1, -0.05) is 43.7 Å². The maximum absolute atomic E-state index is 5.18. The summed E-state index contributed by atoms with van der Waals surface area (Å²) in [5.74, 6) is 1.42. The summed E-state index contributed by atoms with van der Waals surface area (Å²) >= 11 is 0. The Balaban J connectivity index is 2.45. The minimum Gasteiger partial charge on any atom is -0.385 e. The molecule has 1 atom stereocenters. The van der Waals surface area contributed by atoms with Gasteiger partial charge in [-0.15, -0.1) is 0 Å². The third kappa shape index (κ3) is 7.66. The molecule has 0 radical (unpaired) electrons. The lowest BCUT2D eigenvalue weighted by Crippen LogP contribution is -2.27. The summed E-state index contributed by atoms with van der Waals surface area (Å²) in [5, 5.41) is 3.60. The SMILES string of the molecule is COCCCC(CNCC(C)C)Cc1ccc(C)cc1. The predicted molar refractivity (Wildman–Crippen MR) is 87.2 cm³/mol. The summed E-state index contributed by atoms with van der Waals surface area (Å²) in [5.41, 5.74) is 2.78. The lowest BCUT2D eigenvalue weighted by Gasteiger charge is -2.19. The van der Waals surface area contributed by atoms with Crippen LogP contribution in [0.25, 0.3) is 0 Å². The van der Waals surface area contributed by atoms with E-state index in [1.54, 1.807) is 7.11 Å². The average Bonchev–Trinajstić information content (AvgIpc) is 2.41. The Morgan fingerprint density at radius 1 is 1.10 bits per heavy atom. The molecule has 0 amide bonds. The van der Waals surface area contributed by atoms with Crippen molar-refractivity contribution in [1.82, 2.24) is 5.32 Å². The molecular formula is C18H31NO. The van der Waals surface area contributed by atoms with E-state index < -0.39 is 0 Å². The highest BCUT2D eigenvalue weighted by Crippen LogP contribution is 2.15. The zero-order valence-corrected chi connectivity index (χ0v) is 13.6. The smallest absolute Gasteiger partial charge is 0.0462 e. The van der Waals surface area contributed by atoms with Gasteiger partial charge in [0.25, 0.3) is 0 Å². The standard InChI is InChI=1S/C18H31NO/c1-15(2)13-19-14-18(6-5-11-20-4)12-17-9-7-16(3)8-10-17/h7-10,15,18-19H,5-6,11-14H2,1-4H3. The van der Waals surface area contributed by atoms with Crippen LogP contribution in [-0.2, 0) is 11.2 Å². The molecule has 0 bridgehead atoms. The highest BCUT2D eigenvalue weighted by molar-refractivity contribution is 5.21. The largest absolute Gasteiger partial charge is 0.385 e. The second-order valence-electron chi connectivity index (χ2n) is 6.24. The summed E-state index contributed by atoms with van der Waals surface area (Å²) in [6.07, 6.45) is 3.54. The van der Waals surface area contributed by atoms with E-state index in [-0.39, 0.29) is 0 Å². The van der Waals surface area contributed by atoms with Gasteiger partial charge in [-0.05, 0) is 56.7 Å².